The van der Waals surface area contributed by atoms with E-state index in [0.29, 0.717) is 12.8 Å². The van der Waals surface area contributed by atoms with Gasteiger partial charge in [0.05, 0.1) is 6.10 Å². The first-order valence-electron chi connectivity index (χ1n) is 5.51. The predicted octanol–water partition coefficient (Wildman–Crippen LogP) is 3.25. The summed E-state index contributed by atoms with van der Waals surface area (Å²) in [5.41, 5.74) is -1.36. The van der Waals surface area contributed by atoms with Gasteiger partial charge in [0.1, 0.15) is 0 Å². The molecule has 1 rings (SSSR count). The van der Waals surface area contributed by atoms with E-state index < -0.39 is 25.1 Å². The van der Waals surface area contributed by atoms with Gasteiger partial charge in [0.2, 0.25) is 0 Å². The van der Waals surface area contributed by atoms with Gasteiger partial charge in [-0.3, -0.25) is 9.05 Å². The quantitative estimate of drug-likeness (QED) is 0.735. The minimum Gasteiger partial charge on any atom is -0.784 e. The number of rotatable bonds is 3. The summed E-state index contributed by atoms with van der Waals surface area (Å²) in [5.74, 6) is 0. The molecule has 5 nitrogen and oxygen atoms in total. The van der Waals surface area contributed by atoms with Gasteiger partial charge in [0, 0.05) is 18.2 Å². The van der Waals surface area contributed by atoms with Gasteiger partial charge in [-0.15, -0.1) is 4.20 Å². The molecule has 0 amide bonds. The van der Waals surface area contributed by atoms with Crippen LogP contribution in [0.1, 0.15) is 40.5 Å². The SMILES string of the molecule is COP(=O)(F)OC1CC(C)(C)N([O-])C(C)(C)C1. The van der Waals surface area contributed by atoms with E-state index in [2.05, 4.69) is 4.52 Å². The summed E-state index contributed by atoms with van der Waals surface area (Å²) in [4.78, 5) is 0. The molecule has 1 fully saturated rings. The Morgan fingerprint density at radius 3 is 2.06 bits per heavy atom. The third kappa shape index (κ3) is 3.48. The first-order chi connectivity index (χ1) is 7.50. The van der Waals surface area contributed by atoms with Crippen molar-refractivity contribution in [3.05, 3.63) is 5.21 Å². The largest absolute Gasteiger partial charge is 0.784 e. The van der Waals surface area contributed by atoms with Gasteiger partial charge in [-0.2, -0.15) is 0 Å². The van der Waals surface area contributed by atoms with Crippen LogP contribution >= 0.6 is 7.91 Å². The van der Waals surface area contributed by atoms with Gasteiger partial charge in [-0.1, -0.05) is 0 Å². The van der Waals surface area contributed by atoms with Crippen LogP contribution in [-0.2, 0) is 13.6 Å². The third-order valence-corrected chi connectivity index (χ3v) is 4.03. The molecule has 0 radical (unpaired) electrons. The van der Waals surface area contributed by atoms with Crippen molar-refractivity contribution >= 4 is 7.91 Å². The van der Waals surface area contributed by atoms with Gasteiger partial charge < -0.3 is 10.3 Å². The third-order valence-electron chi connectivity index (χ3n) is 3.05. The van der Waals surface area contributed by atoms with E-state index in [-0.39, 0.29) is 0 Å². The van der Waals surface area contributed by atoms with Gasteiger partial charge in [0.25, 0.3) is 0 Å². The lowest BCUT2D eigenvalue weighted by atomic mass is 9.80. The molecule has 1 unspecified atom stereocenters. The van der Waals surface area contributed by atoms with Crippen molar-refractivity contribution in [1.82, 2.24) is 5.06 Å². The maximum Gasteiger partial charge on any atom is 0.513 e. The first kappa shape index (κ1) is 15.1. The Kier molecular flexibility index (Phi) is 4.07. The standard InChI is InChI=1S/C10H20FNO4P/c1-9(2)6-8(16-17(11,14)15-5)7-10(3,4)12(9)13/h8H,6-7H2,1-5H3/q-1. The predicted molar refractivity (Wildman–Crippen MR) is 63.2 cm³/mol. The van der Waals surface area contributed by atoms with Crippen molar-refractivity contribution in [1.29, 1.82) is 0 Å². The van der Waals surface area contributed by atoms with Crippen molar-refractivity contribution in [2.24, 2.45) is 0 Å². The molecule has 102 valence electrons. The highest BCUT2D eigenvalue weighted by Crippen LogP contribution is 2.53. The second-order valence-corrected chi connectivity index (χ2v) is 7.11. The van der Waals surface area contributed by atoms with E-state index >= 15 is 0 Å². The number of hydrogen-bond acceptors (Lipinski definition) is 5. The number of piperidine rings is 1. The van der Waals surface area contributed by atoms with Gasteiger partial charge in [-0.05, 0) is 40.5 Å². The normalized spacial score (nSPS) is 28.9. The summed E-state index contributed by atoms with van der Waals surface area (Å²) in [6, 6.07) is 0. The number of hydroxylamine groups is 2. The summed E-state index contributed by atoms with van der Waals surface area (Å²) in [6.07, 6.45) is 0.0509. The first-order valence-corrected chi connectivity index (χ1v) is 6.95. The van der Waals surface area contributed by atoms with Gasteiger partial charge in [0.15, 0.2) is 0 Å². The lowest BCUT2D eigenvalue weighted by molar-refractivity contribution is -0.0469. The molecule has 0 aromatic rings. The summed E-state index contributed by atoms with van der Waals surface area (Å²) in [6.45, 7) is 7.03. The second-order valence-electron chi connectivity index (χ2n) is 5.67. The molecule has 7 heteroatoms. The van der Waals surface area contributed by atoms with Crippen LogP contribution in [0, 0.1) is 5.21 Å². The highest BCUT2D eigenvalue weighted by atomic mass is 31.2. The number of halogens is 1. The molecule has 0 aromatic heterocycles. The van der Waals surface area contributed by atoms with Crippen LogP contribution in [0.3, 0.4) is 0 Å². The Labute approximate surface area is 102 Å². The average molecular weight is 268 g/mol. The van der Waals surface area contributed by atoms with Gasteiger partial charge >= 0.3 is 7.91 Å². The van der Waals surface area contributed by atoms with Crippen LogP contribution < -0.4 is 0 Å². The van der Waals surface area contributed by atoms with Crippen LogP contribution in [0.15, 0.2) is 0 Å². The fourth-order valence-corrected chi connectivity index (χ4v) is 3.06. The summed E-state index contributed by atoms with van der Waals surface area (Å²) < 4.78 is 33.4. The monoisotopic (exact) mass is 268 g/mol. The smallest absolute Gasteiger partial charge is 0.513 e. The van der Waals surface area contributed by atoms with Crippen LogP contribution in [0.2, 0.25) is 0 Å². The van der Waals surface area contributed by atoms with E-state index in [1.807, 2.05) is 0 Å². The van der Waals surface area contributed by atoms with Crippen LogP contribution in [0.4, 0.5) is 4.20 Å². The Morgan fingerprint density at radius 2 is 1.71 bits per heavy atom. The molecule has 1 heterocycles. The zero-order chi connectivity index (χ0) is 13.5. The van der Waals surface area contributed by atoms with Crippen molar-refractivity contribution in [2.45, 2.75) is 57.7 Å². The van der Waals surface area contributed by atoms with E-state index in [0.717, 1.165) is 12.2 Å². The topological polar surface area (TPSA) is 61.8 Å². The summed E-state index contributed by atoms with van der Waals surface area (Å²) in [5, 5.41) is 13.0. The van der Waals surface area contributed by atoms with Crippen molar-refractivity contribution in [3.8, 4) is 0 Å². The molecular weight excluding hydrogens is 248 g/mol. The zero-order valence-electron chi connectivity index (χ0n) is 10.9. The van der Waals surface area contributed by atoms with Crippen molar-refractivity contribution in [3.63, 3.8) is 0 Å². The van der Waals surface area contributed by atoms with E-state index in [1.54, 1.807) is 27.7 Å². The minimum atomic E-state index is -4.49. The van der Waals surface area contributed by atoms with Crippen LogP contribution in [0.25, 0.3) is 0 Å². The van der Waals surface area contributed by atoms with Gasteiger partial charge in [-0.25, -0.2) is 4.57 Å². The number of nitrogens with zero attached hydrogens (tertiary/aromatic N) is 1. The Hall–Kier alpha value is -0.0000000000000000139. The molecule has 1 aliphatic heterocycles. The molecule has 1 atom stereocenters. The van der Waals surface area contributed by atoms with Crippen LogP contribution in [-0.4, -0.2) is 29.4 Å². The molecular formula is C10H20FNO4P-. The molecule has 0 aliphatic carbocycles. The van der Waals surface area contributed by atoms with E-state index in [9.17, 15) is 14.0 Å². The lowest BCUT2D eigenvalue weighted by Crippen LogP contribution is -2.59. The minimum absolute atomic E-state index is 0.317. The molecule has 0 N–H and O–H groups in total. The Morgan fingerprint density at radius 1 is 1.29 bits per heavy atom. The molecule has 0 aromatic carbocycles. The second kappa shape index (κ2) is 4.59. The fraction of sp³-hybridized carbons (Fsp3) is 1.00. The van der Waals surface area contributed by atoms with Crippen molar-refractivity contribution in [2.75, 3.05) is 7.11 Å². The summed E-state index contributed by atoms with van der Waals surface area (Å²) >= 11 is 0. The van der Waals surface area contributed by atoms with E-state index in [1.165, 1.54) is 0 Å². The zero-order valence-corrected chi connectivity index (χ0v) is 11.8. The molecule has 17 heavy (non-hydrogen) atoms. The highest BCUT2D eigenvalue weighted by molar-refractivity contribution is 7.48. The maximum atomic E-state index is 13.2. The molecule has 0 saturated carbocycles. The number of hydrogen-bond donors (Lipinski definition) is 0. The van der Waals surface area contributed by atoms with Crippen LogP contribution in [0.5, 0.6) is 0 Å². The molecule has 1 aliphatic rings. The van der Waals surface area contributed by atoms with E-state index in [4.69, 9.17) is 4.52 Å². The van der Waals surface area contributed by atoms with Crippen molar-refractivity contribution < 1.29 is 17.8 Å². The molecule has 1 saturated heterocycles. The molecule has 0 bridgehead atoms. The maximum absolute atomic E-state index is 13.2. The highest BCUT2D eigenvalue weighted by Gasteiger charge is 2.43. The Balaban J connectivity index is 2.82. The molecule has 0 spiro atoms. The Bertz CT molecular complexity index is 316. The lowest BCUT2D eigenvalue weighted by Gasteiger charge is -2.59. The fourth-order valence-electron chi connectivity index (χ4n) is 2.47. The summed E-state index contributed by atoms with van der Waals surface area (Å²) in [7, 11) is -3.50. The average Bonchev–Trinajstić information content (AvgIpc) is 2.12.